The highest BCUT2D eigenvalue weighted by atomic mass is 79.9. The van der Waals surface area contributed by atoms with Crippen LogP contribution in [0.4, 0.5) is 10.1 Å². The molecule has 0 aliphatic carbocycles. The first-order chi connectivity index (χ1) is 7.41. The maximum absolute atomic E-state index is 13.0. The Morgan fingerprint density at radius 3 is 2.62 bits per heavy atom. The van der Waals surface area contributed by atoms with Gasteiger partial charge in [-0.1, -0.05) is 13.8 Å². The first-order valence-corrected chi connectivity index (χ1v) is 5.65. The van der Waals surface area contributed by atoms with Crippen LogP contribution in [0, 0.1) is 11.7 Å². The number of hydrogen-bond donors (Lipinski definition) is 2. The van der Waals surface area contributed by atoms with Crippen LogP contribution in [-0.2, 0) is 4.79 Å². The lowest BCUT2D eigenvalue weighted by Crippen LogP contribution is -2.34. The standard InChI is InChI=1S/C11H13BrFNO2/c1-6(2)10(11(15)16)14-9-5-7(13)3-4-8(9)12/h3-6,10,14H,1-2H3,(H,15,16). The molecule has 1 aromatic rings. The van der Waals surface area contributed by atoms with Gasteiger partial charge in [-0.25, -0.2) is 9.18 Å². The lowest BCUT2D eigenvalue weighted by molar-refractivity contribution is -0.138. The Morgan fingerprint density at radius 1 is 1.50 bits per heavy atom. The van der Waals surface area contributed by atoms with Crippen molar-refractivity contribution in [1.29, 1.82) is 0 Å². The minimum Gasteiger partial charge on any atom is -0.480 e. The second-order valence-electron chi connectivity index (χ2n) is 3.83. The Balaban J connectivity index is 2.93. The molecule has 88 valence electrons. The van der Waals surface area contributed by atoms with Crippen molar-refractivity contribution in [2.24, 2.45) is 5.92 Å². The third-order valence-electron chi connectivity index (χ3n) is 2.17. The van der Waals surface area contributed by atoms with Crippen molar-refractivity contribution in [2.45, 2.75) is 19.9 Å². The zero-order chi connectivity index (χ0) is 12.3. The highest BCUT2D eigenvalue weighted by Gasteiger charge is 2.21. The highest BCUT2D eigenvalue weighted by molar-refractivity contribution is 9.10. The lowest BCUT2D eigenvalue weighted by atomic mass is 10.0. The van der Waals surface area contributed by atoms with Gasteiger partial charge in [0.2, 0.25) is 0 Å². The summed E-state index contributed by atoms with van der Waals surface area (Å²) in [4.78, 5) is 11.0. The van der Waals surface area contributed by atoms with Crippen LogP contribution in [0.2, 0.25) is 0 Å². The number of rotatable bonds is 4. The molecule has 0 heterocycles. The predicted molar refractivity (Wildman–Crippen MR) is 64.0 cm³/mol. The summed E-state index contributed by atoms with van der Waals surface area (Å²) in [7, 11) is 0. The van der Waals surface area contributed by atoms with Crippen LogP contribution in [0.15, 0.2) is 22.7 Å². The fourth-order valence-corrected chi connectivity index (χ4v) is 1.65. The normalized spacial score (nSPS) is 12.6. The van der Waals surface area contributed by atoms with Crippen LogP contribution in [0.25, 0.3) is 0 Å². The van der Waals surface area contributed by atoms with Gasteiger partial charge >= 0.3 is 5.97 Å². The zero-order valence-corrected chi connectivity index (χ0v) is 10.6. The summed E-state index contributed by atoms with van der Waals surface area (Å²) in [5.74, 6) is -1.45. The van der Waals surface area contributed by atoms with Gasteiger partial charge in [-0.15, -0.1) is 0 Å². The smallest absolute Gasteiger partial charge is 0.326 e. The number of anilines is 1. The average molecular weight is 290 g/mol. The maximum atomic E-state index is 13.0. The molecule has 3 nitrogen and oxygen atoms in total. The van der Waals surface area contributed by atoms with Crippen molar-refractivity contribution in [1.82, 2.24) is 0 Å². The number of benzene rings is 1. The first-order valence-electron chi connectivity index (χ1n) is 4.86. The van der Waals surface area contributed by atoms with E-state index >= 15 is 0 Å². The molecule has 0 saturated heterocycles. The Morgan fingerprint density at radius 2 is 2.12 bits per heavy atom. The molecular weight excluding hydrogens is 277 g/mol. The van der Waals surface area contributed by atoms with Crippen molar-refractivity contribution in [2.75, 3.05) is 5.32 Å². The van der Waals surface area contributed by atoms with E-state index in [2.05, 4.69) is 21.2 Å². The molecule has 1 rings (SSSR count). The summed E-state index contributed by atoms with van der Waals surface area (Å²) < 4.78 is 13.6. The largest absolute Gasteiger partial charge is 0.480 e. The Bertz CT molecular complexity index is 396. The van der Waals surface area contributed by atoms with Gasteiger partial charge in [-0.05, 0) is 40.0 Å². The summed E-state index contributed by atoms with van der Waals surface area (Å²) in [6.07, 6.45) is 0. The van der Waals surface area contributed by atoms with Crippen LogP contribution in [0.1, 0.15) is 13.8 Å². The van der Waals surface area contributed by atoms with Gasteiger partial charge in [0, 0.05) is 4.47 Å². The molecule has 0 fully saturated rings. The van der Waals surface area contributed by atoms with Crippen LogP contribution in [-0.4, -0.2) is 17.1 Å². The van der Waals surface area contributed by atoms with Gasteiger partial charge in [0.05, 0.1) is 5.69 Å². The molecule has 2 N–H and O–H groups in total. The highest BCUT2D eigenvalue weighted by Crippen LogP contribution is 2.24. The van der Waals surface area contributed by atoms with Crippen LogP contribution in [0.3, 0.4) is 0 Å². The van der Waals surface area contributed by atoms with Crippen LogP contribution in [0.5, 0.6) is 0 Å². The van der Waals surface area contributed by atoms with Crippen molar-refractivity contribution < 1.29 is 14.3 Å². The number of carboxylic acids is 1. The van der Waals surface area contributed by atoms with Gasteiger partial charge < -0.3 is 10.4 Å². The van der Waals surface area contributed by atoms with E-state index in [-0.39, 0.29) is 5.92 Å². The molecule has 1 unspecified atom stereocenters. The predicted octanol–water partition coefficient (Wildman–Crippen LogP) is 3.11. The maximum Gasteiger partial charge on any atom is 0.326 e. The Labute approximate surface area is 102 Å². The van der Waals surface area contributed by atoms with Gasteiger partial charge in [0.1, 0.15) is 11.9 Å². The number of hydrogen-bond acceptors (Lipinski definition) is 2. The van der Waals surface area contributed by atoms with E-state index in [9.17, 15) is 9.18 Å². The zero-order valence-electron chi connectivity index (χ0n) is 9.00. The minimum atomic E-state index is -0.953. The summed E-state index contributed by atoms with van der Waals surface area (Å²) in [5, 5.41) is 11.8. The number of carbonyl (C=O) groups is 1. The third-order valence-corrected chi connectivity index (χ3v) is 2.86. The second-order valence-corrected chi connectivity index (χ2v) is 4.68. The van der Waals surface area contributed by atoms with Crippen molar-refractivity contribution >= 4 is 27.6 Å². The summed E-state index contributed by atoms with van der Waals surface area (Å²) in [5.41, 5.74) is 0.445. The van der Waals surface area contributed by atoms with Gasteiger partial charge in [-0.2, -0.15) is 0 Å². The quantitative estimate of drug-likeness (QED) is 0.895. The molecule has 0 aliphatic heterocycles. The summed E-state index contributed by atoms with van der Waals surface area (Å²) >= 11 is 3.24. The minimum absolute atomic E-state index is 0.0901. The van der Waals surface area contributed by atoms with E-state index in [4.69, 9.17) is 5.11 Å². The fraction of sp³-hybridized carbons (Fsp3) is 0.364. The lowest BCUT2D eigenvalue weighted by Gasteiger charge is -2.20. The SMILES string of the molecule is CC(C)C(Nc1cc(F)ccc1Br)C(=O)O. The van der Waals surface area contributed by atoms with E-state index in [1.807, 2.05) is 0 Å². The molecule has 0 amide bonds. The molecule has 0 aromatic heterocycles. The van der Waals surface area contributed by atoms with Gasteiger partial charge in [-0.3, -0.25) is 0 Å². The van der Waals surface area contributed by atoms with E-state index in [0.29, 0.717) is 10.2 Å². The van der Waals surface area contributed by atoms with E-state index in [1.54, 1.807) is 13.8 Å². The monoisotopic (exact) mass is 289 g/mol. The second kappa shape index (κ2) is 5.30. The van der Waals surface area contributed by atoms with E-state index < -0.39 is 17.8 Å². The van der Waals surface area contributed by atoms with Gasteiger partial charge in [0.15, 0.2) is 0 Å². The molecule has 1 aromatic carbocycles. The Hall–Kier alpha value is -1.10. The molecular formula is C11H13BrFNO2. The summed E-state index contributed by atoms with van der Waals surface area (Å²) in [6.45, 7) is 3.58. The molecule has 0 saturated carbocycles. The molecule has 1 atom stereocenters. The van der Waals surface area contributed by atoms with Crippen LogP contribution >= 0.6 is 15.9 Å². The number of halogens is 2. The number of nitrogens with one attached hydrogen (secondary N) is 1. The van der Waals surface area contributed by atoms with E-state index in [0.717, 1.165) is 0 Å². The van der Waals surface area contributed by atoms with Gasteiger partial charge in [0.25, 0.3) is 0 Å². The molecule has 0 radical (unpaired) electrons. The molecule has 0 spiro atoms. The molecule has 0 bridgehead atoms. The van der Waals surface area contributed by atoms with E-state index in [1.165, 1.54) is 18.2 Å². The number of aliphatic carboxylic acids is 1. The Kier molecular flexibility index (Phi) is 4.29. The molecule has 5 heteroatoms. The molecule has 16 heavy (non-hydrogen) atoms. The fourth-order valence-electron chi connectivity index (χ4n) is 1.29. The summed E-state index contributed by atoms with van der Waals surface area (Å²) in [6, 6.07) is 3.37. The number of carboxylic acid groups (broad SMARTS) is 1. The molecule has 0 aliphatic rings. The van der Waals surface area contributed by atoms with Crippen LogP contribution < -0.4 is 5.32 Å². The average Bonchev–Trinajstić information content (AvgIpc) is 2.18. The third kappa shape index (κ3) is 3.20. The topological polar surface area (TPSA) is 49.3 Å². The van der Waals surface area contributed by atoms with Crippen molar-refractivity contribution in [3.05, 3.63) is 28.5 Å². The van der Waals surface area contributed by atoms with Crippen molar-refractivity contribution in [3.8, 4) is 0 Å². The first kappa shape index (κ1) is 13.0. The van der Waals surface area contributed by atoms with Crippen molar-refractivity contribution in [3.63, 3.8) is 0 Å².